The van der Waals surface area contributed by atoms with Gasteiger partial charge in [-0.05, 0) is 48.2 Å². The molecule has 0 saturated carbocycles. The van der Waals surface area contributed by atoms with Crippen LogP contribution in [0.25, 0.3) is 6.08 Å². The van der Waals surface area contributed by atoms with Gasteiger partial charge in [0.05, 0.1) is 12.0 Å². The van der Waals surface area contributed by atoms with Crippen LogP contribution in [0.3, 0.4) is 0 Å². The van der Waals surface area contributed by atoms with Crippen molar-refractivity contribution in [1.82, 2.24) is 4.90 Å². The molecule has 0 radical (unpaired) electrons. The predicted octanol–water partition coefficient (Wildman–Crippen LogP) is 3.68. The van der Waals surface area contributed by atoms with Crippen molar-refractivity contribution in [3.05, 3.63) is 63.5 Å². The minimum atomic E-state index is -0.586. The maximum absolute atomic E-state index is 12.7. The average Bonchev–Trinajstić information content (AvgIpc) is 3.01. The number of rotatable bonds is 7. The highest BCUT2D eigenvalue weighted by Gasteiger charge is 2.36. The second-order valence-electron chi connectivity index (χ2n) is 6.23. The summed E-state index contributed by atoms with van der Waals surface area (Å²) in [5.74, 6) is -1.29. The summed E-state index contributed by atoms with van der Waals surface area (Å²) < 4.78 is 10.7. The molecule has 1 saturated heterocycles. The fourth-order valence-electron chi connectivity index (χ4n) is 2.60. The Kier molecular flexibility index (Phi) is 7.48. The summed E-state index contributed by atoms with van der Waals surface area (Å²) in [4.78, 5) is 49.7. The maximum atomic E-state index is 12.7. The SMILES string of the molecule is COC(=O)COc1ccc(Br)cc1/C=C1/SC(=O)N(CC(=O)Nc2ccccc2)C1=O. The molecule has 0 aromatic heterocycles. The number of hydrogen-bond acceptors (Lipinski definition) is 7. The standard InChI is InChI=1S/C21H17BrN2O6S/c1-29-19(26)12-30-16-8-7-14(22)9-13(16)10-17-20(27)24(21(28)31-17)11-18(25)23-15-5-3-2-4-6-15/h2-10H,11-12H2,1H3,(H,23,25)/b17-10+. The van der Waals surface area contributed by atoms with Crippen LogP contribution in [0.4, 0.5) is 10.5 Å². The van der Waals surface area contributed by atoms with Gasteiger partial charge in [-0.25, -0.2) is 4.79 Å². The van der Waals surface area contributed by atoms with Crippen LogP contribution in [0.1, 0.15) is 5.56 Å². The highest BCUT2D eigenvalue weighted by molar-refractivity contribution is 9.10. The van der Waals surface area contributed by atoms with Crippen molar-refractivity contribution >= 4 is 62.5 Å². The fraction of sp³-hybridized carbons (Fsp3) is 0.143. The average molecular weight is 505 g/mol. The van der Waals surface area contributed by atoms with Crippen LogP contribution in [0.5, 0.6) is 5.75 Å². The van der Waals surface area contributed by atoms with Crippen molar-refractivity contribution in [3.63, 3.8) is 0 Å². The molecule has 2 aromatic rings. The Morgan fingerprint density at radius 2 is 1.90 bits per heavy atom. The molecule has 0 spiro atoms. The fourth-order valence-corrected chi connectivity index (χ4v) is 3.81. The first-order valence-corrected chi connectivity index (χ1v) is 10.6. The Bertz CT molecular complexity index is 1060. The van der Waals surface area contributed by atoms with Gasteiger partial charge >= 0.3 is 5.97 Å². The van der Waals surface area contributed by atoms with E-state index in [2.05, 4.69) is 26.0 Å². The topological polar surface area (TPSA) is 102 Å². The quantitative estimate of drug-likeness (QED) is 0.453. The molecule has 1 N–H and O–H groups in total. The molecule has 160 valence electrons. The number of nitrogens with zero attached hydrogens (tertiary/aromatic N) is 1. The maximum Gasteiger partial charge on any atom is 0.343 e. The number of nitrogens with one attached hydrogen (secondary N) is 1. The van der Waals surface area contributed by atoms with Gasteiger partial charge in [-0.1, -0.05) is 34.1 Å². The van der Waals surface area contributed by atoms with Crippen LogP contribution in [0.15, 0.2) is 57.9 Å². The van der Waals surface area contributed by atoms with Gasteiger partial charge in [-0.15, -0.1) is 0 Å². The largest absolute Gasteiger partial charge is 0.481 e. The monoisotopic (exact) mass is 504 g/mol. The number of esters is 1. The number of thioether (sulfide) groups is 1. The lowest BCUT2D eigenvalue weighted by Crippen LogP contribution is -2.36. The van der Waals surface area contributed by atoms with E-state index < -0.39 is 29.6 Å². The second kappa shape index (κ2) is 10.3. The molecule has 0 bridgehead atoms. The molecule has 2 aromatic carbocycles. The summed E-state index contributed by atoms with van der Waals surface area (Å²) in [6, 6.07) is 13.8. The number of ether oxygens (including phenoxy) is 2. The molecule has 0 unspecified atom stereocenters. The summed E-state index contributed by atoms with van der Waals surface area (Å²) in [6.07, 6.45) is 1.48. The lowest BCUT2D eigenvalue weighted by molar-refractivity contribution is -0.142. The summed E-state index contributed by atoms with van der Waals surface area (Å²) in [5, 5.41) is 2.09. The highest BCUT2D eigenvalue weighted by Crippen LogP contribution is 2.34. The molecule has 0 aliphatic carbocycles. The van der Waals surface area contributed by atoms with Crippen molar-refractivity contribution in [1.29, 1.82) is 0 Å². The van der Waals surface area contributed by atoms with Crippen LogP contribution >= 0.6 is 27.7 Å². The first kappa shape index (κ1) is 22.6. The molecule has 1 aliphatic heterocycles. The number of carbonyl (C=O) groups excluding carboxylic acids is 4. The third-order valence-electron chi connectivity index (χ3n) is 4.06. The minimum absolute atomic E-state index is 0.138. The lowest BCUT2D eigenvalue weighted by atomic mass is 10.2. The van der Waals surface area contributed by atoms with Crippen LogP contribution in [-0.2, 0) is 19.1 Å². The third-order valence-corrected chi connectivity index (χ3v) is 5.47. The van der Waals surface area contributed by atoms with E-state index in [4.69, 9.17) is 4.74 Å². The van der Waals surface area contributed by atoms with E-state index in [-0.39, 0.29) is 11.5 Å². The van der Waals surface area contributed by atoms with Gasteiger partial charge in [0.2, 0.25) is 5.91 Å². The summed E-state index contributed by atoms with van der Waals surface area (Å²) in [5.41, 5.74) is 1.05. The third kappa shape index (κ3) is 5.96. The molecule has 0 atom stereocenters. The van der Waals surface area contributed by atoms with Crippen molar-refractivity contribution in [3.8, 4) is 5.75 Å². The molecular formula is C21H17BrN2O6S. The number of para-hydroxylation sites is 1. The Hall–Kier alpha value is -3.11. The molecular weight excluding hydrogens is 488 g/mol. The van der Waals surface area contributed by atoms with E-state index in [0.717, 1.165) is 16.7 Å². The van der Waals surface area contributed by atoms with Gasteiger partial charge in [-0.3, -0.25) is 19.3 Å². The molecule has 1 aliphatic rings. The van der Waals surface area contributed by atoms with Gasteiger partial charge < -0.3 is 14.8 Å². The smallest absolute Gasteiger partial charge is 0.343 e. The first-order valence-electron chi connectivity index (χ1n) is 8.97. The highest BCUT2D eigenvalue weighted by atomic mass is 79.9. The van der Waals surface area contributed by atoms with Crippen LogP contribution in [0, 0.1) is 0 Å². The van der Waals surface area contributed by atoms with E-state index in [1.54, 1.807) is 42.5 Å². The summed E-state index contributed by atoms with van der Waals surface area (Å²) >= 11 is 4.07. The number of carbonyl (C=O) groups is 4. The van der Waals surface area contributed by atoms with E-state index in [1.165, 1.54) is 13.2 Å². The lowest BCUT2D eigenvalue weighted by Gasteiger charge is -2.12. The Morgan fingerprint density at radius 1 is 1.16 bits per heavy atom. The van der Waals surface area contributed by atoms with E-state index in [9.17, 15) is 19.2 Å². The van der Waals surface area contributed by atoms with Gasteiger partial charge in [0.25, 0.3) is 11.1 Å². The van der Waals surface area contributed by atoms with E-state index in [0.29, 0.717) is 21.5 Å². The Morgan fingerprint density at radius 3 is 2.61 bits per heavy atom. The van der Waals surface area contributed by atoms with Crippen molar-refractivity contribution in [2.45, 2.75) is 0 Å². The molecule has 3 rings (SSSR count). The molecule has 31 heavy (non-hydrogen) atoms. The van der Waals surface area contributed by atoms with Crippen LogP contribution in [-0.4, -0.2) is 48.2 Å². The Balaban J connectivity index is 1.75. The molecule has 1 fully saturated rings. The van der Waals surface area contributed by atoms with Crippen LogP contribution in [0.2, 0.25) is 0 Å². The van der Waals surface area contributed by atoms with Crippen molar-refractivity contribution < 1.29 is 28.7 Å². The zero-order valence-electron chi connectivity index (χ0n) is 16.3. The number of imide groups is 1. The molecule has 3 amide bonds. The van der Waals surface area contributed by atoms with Gasteiger partial charge in [-0.2, -0.15) is 0 Å². The molecule has 1 heterocycles. The number of anilines is 1. The predicted molar refractivity (Wildman–Crippen MR) is 119 cm³/mol. The number of benzene rings is 2. The zero-order chi connectivity index (χ0) is 22.4. The van der Waals surface area contributed by atoms with E-state index >= 15 is 0 Å². The number of amides is 3. The minimum Gasteiger partial charge on any atom is -0.481 e. The van der Waals surface area contributed by atoms with E-state index in [1.807, 2.05) is 6.07 Å². The first-order chi connectivity index (χ1) is 14.9. The zero-order valence-corrected chi connectivity index (χ0v) is 18.7. The molecule has 10 heteroatoms. The number of halogens is 1. The second-order valence-corrected chi connectivity index (χ2v) is 8.14. The van der Waals surface area contributed by atoms with Crippen molar-refractivity contribution in [2.75, 3.05) is 25.6 Å². The summed E-state index contributed by atoms with van der Waals surface area (Å²) in [6.45, 7) is -0.707. The van der Waals surface area contributed by atoms with Gasteiger partial charge in [0, 0.05) is 15.7 Å². The van der Waals surface area contributed by atoms with Gasteiger partial charge in [0.1, 0.15) is 12.3 Å². The number of methoxy groups -OCH3 is 1. The Labute approximate surface area is 190 Å². The normalized spacial score (nSPS) is 14.6. The number of hydrogen-bond donors (Lipinski definition) is 1. The van der Waals surface area contributed by atoms with Gasteiger partial charge in [0.15, 0.2) is 6.61 Å². The van der Waals surface area contributed by atoms with Crippen molar-refractivity contribution in [2.24, 2.45) is 0 Å². The van der Waals surface area contributed by atoms with Crippen LogP contribution < -0.4 is 10.1 Å². The molecule has 8 nitrogen and oxygen atoms in total. The summed E-state index contributed by atoms with van der Waals surface area (Å²) in [7, 11) is 1.25.